The molecule has 9 heteroatoms. The van der Waals surface area contributed by atoms with Gasteiger partial charge in [-0.2, -0.15) is 0 Å². The van der Waals surface area contributed by atoms with Crippen LogP contribution in [0.5, 0.6) is 5.75 Å². The molecule has 0 aliphatic heterocycles. The van der Waals surface area contributed by atoms with Gasteiger partial charge in [0.15, 0.2) is 0 Å². The molecule has 7 nitrogen and oxygen atoms in total. The number of carboxylic acid groups (broad SMARTS) is 1. The Bertz CT molecular complexity index is 1070. The molecule has 0 unspecified atom stereocenters. The van der Waals surface area contributed by atoms with Crippen LogP contribution >= 0.6 is 0 Å². The molecule has 3 aromatic heterocycles. The number of hydrogen-bond acceptors (Lipinski definition) is 5. The molecule has 0 aromatic carbocycles. The van der Waals surface area contributed by atoms with E-state index in [2.05, 4.69) is 9.97 Å². The highest BCUT2D eigenvalue weighted by molar-refractivity contribution is 5.97. The number of nitrogens with zero attached hydrogens (tertiary/aromatic N) is 3. The average molecular weight is 373 g/mol. The number of methoxy groups -OCH3 is 1. The molecule has 0 spiro atoms. The lowest BCUT2D eigenvalue weighted by Gasteiger charge is -2.14. The van der Waals surface area contributed by atoms with E-state index in [1.807, 2.05) is 0 Å². The van der Waals surface area contributed by atoms with Gasteiger partial charge in [0.05, 0.1) is 18.9 Å². The van der Waals surface area contributed by atoms with E-state index in [0.717, 1.165) is 18.5 Å². The summed E-state index contributed by atoms with van der Waals surface area (Å²) in [7, 11) is 1.31. The van der Waals surface area contributed by atoms with E-state index < -0.39 is 18.1 Å². The first-order valence-corrected chi connectivity index (χ1v) is 7.66. The van der Waals surface area contributed by atoms with Gasteiger partial charge in [-0.15, -0.1) is 0 Å². The van der Waals surface area contributed by atoms with Crippen molar-refractivity contribution in [3.63, 3.8) is 0 Å². The summed E-state index contributed by atoms with van der Waals surface area (Å²) in [6, 6.07) is 6.86. The zero-order valence-electron chi connectivity index (χ0n) is 14.0. The molecule has 0 fully saturated rings. The van der Waals surface area contributed by atoms with Crippen molar-refractivity contribution in [2.75, 3.05) is 7.11 Å². The summed E-state index contributed by atoms with van der Waals surface area (Å²) >= 11 is 0. The summed E-state index contributed by atoms with van der Waals surface area (Å²) in [5.74, 6) is -1.06. The van der Waals surface area contributed by atoms with Gasteiger partial charge in [0.1, 0.15) is 17.3 Å². The third-order valence-electron chi connectivity index (χ3n) is 3.81. The zero-order valence-corrected chi connectivity index (χ0v) is 14.0. The molecule has 0 aliphatic carbocycles. The van der Waals surface area contributed by atoms with Gasteiger partial charge in [0.2, 0.25) is 0 Å². The second-order valence-corrected chi connectivity index (χ2v) is 5.41. The number of halogens is 2. The Balaban J connectivity index is 2.30. The van der Waals surface area contributed by atoms with Crippen LogP contribution in [0.25, 0.3) is 16.9 Å². The fourth-order valence-corrected chi connectivity index (χ4v) is 2.54. The van der Waals surface area contributed by atoms with Crippen molar-refractivity contribution >= 4 is 5.97 Å². The van der Waals surface area contributed by atoms with Crippen molar-refractivity contribution in [2.45, 2.75) is 6.43 Å². The highest BCUT2D eigenvalue weighted by atomic mass is 19.3. The van der Waals surface area contributed by atoms with E-state index in [0.29, 0.717) is 0 Å². The molecule has 0 aliphatic rings. The van der Waals surface area contributed by atoms with Crippen LogP contribution in [0.15, 0.2) is 53.7 Å². The van der Waals surface area contributed by atoms with Crippen LogP contribution < -0.4 is 10.3 Å². The van der Waals surface area contributed by atoms with Gasteiger partial charge in [-0.1, -0.05) is 6.07 Å². The van der Waals surface area contributed by atoms with Crippen molar-refractivity contribution in [1.29, 1.82) is 0 Å². The number of ether oxygens (including phenoxy) is 1. The minimum Gasteiger partial charge on any atom is -0.494 e. The Morgan fingerprint density at radius 3 is 2.59 bits per heavy atom. The quantitative estimate of drug-likeness (QED) is 0.739. The van der Waals surface area contributed by atoms with Gasteiger partial charge in [0, 0.05) is 29.6 Å². The number of aromatic carboxylic acids is 1. The molecule has 0 saturated carbocycles. The summed E-state index contributed by atoms with van der Waals surface area (Å²) < 4.78 is 32.5. The first kappa shape index (κ1) is 18.2. The number of pyridine rings is 3. The van der Waals surface area contributed by atoms with E-state index in [1.54, 1.807) is 12.1 Å². The molecular formula is C18H13F2N3O4. The molecule has 0 saturated heterocycles. The first-order chi connectivity index (χ1) is 12.9. The number of rotatable bonds is 5. The molecule has 1 N–H and O–H groups in total. The summed E-state index contributed by atoms with van der Waals surface area (Å²) in [4.78, 5) is 31.3. The van der Waals surface area contributed by atoms with Crippen LogP contribution in [0, 0.1) is 0 Å². The Morgan fingerprint density at radius 2 is 1.96 bits per heavy atom. The summed E-state index contributed by atoms with van der Waals surface area (Å²) in [5, 5.41) is 9.47. The van der Waals surface area contributed by atoms with E-state index in [-0.39, 0.29) is 33.8 Å². The largest absolute Gasteiger partial charge is 0.494 e. The van der Waals surface area contributed by atoms with E-state index >= 15 is 0 Å². The second kappa shape index (κ2) is 7.32. The fourth-order valence-electron chi connectivity index (χ4n) is 2.54. The normalized spacial score (nSPS) is 10.8. The van der Waals surface area contributed by atoms with Crippen LogP contribution in [0.1, 0.15) is 22.5 Å². The minimum atomic E-state index is -2.85. The molecule has 0 bridgehead atoms. The lowest BCUT2D eigenvalue weighted by molar-refractivity contribution is 0.0697. The Labute approximate surface area is 151 Å². The van der Waals surface area contributed by atoms with Gasteiger partial charge < -0.3 is 9.84 Å². The third kappa shape index (κ3) is 3.52. The van der Waals surface area contributed by atoms with Crippen LogP contribution in [-0.4, -0.2) is 32.7 Å². The van der Waals surface area contributed by atoms with Gasteiger partial charge in [0.25, 0.3) is 12.0 Å². The second-order valence-electron chi connectivity index (χ2n) is 5.41. The maximum Gasteiger partial charge on any atom is 0.337 e. The number of alkyl halides is 2. The SMILES string of the molecule is COc1cnc(C(F)F)cc1-c1cc(-n2ccccc2=O)ncc1C(=O)O. The van der Waals surface area contributed by atoms with E-state index in [4.69, 9.17) is 4.74 Å². The standard InChI is InChI=1S/C18H13F2N3O4/c1-27-14-9-21-13(17(19)20)6-11(14)10-7-15(22-8-12(10)18(25)26)23-5-3-2-4-16(23)24/h2-9,17H,1H3,(H,25,26). The van der Waals surface area contributed by atoms with Crippen molar-refractivity contribution in [3.8, 4) is 22.7 Å². The van der Waals surface area contributed by atoms with Gasteiger partial charge in [-0.3, -0.25) is 14.3 Å². The molecule has 3 rings (SSSR count). The molecule has 27 heavy (non-hydrogen) atoms. The van der Waals surface area contributed by atoms with Crippen LogP contribution in [0.2, 0.25) is 0 Å². The molecular weight excluding hydrogens is 360 g/mol. The Hall–Kier alpha value is -3.62. The van der Waals surface area contributed by atoms with Crippen molar-refractivity contribution < 1.29 is 23.4 Å². The zero-order chi connectivity index (χ0) is 19.6. The fraction of sp³-hybridized carbons (Fsp3) is 0.111. The molecule has 0 atom stereocenters. The van der Waals surface area contributed by atoms with Gasteiger partial charge in [-0.25, -0.2) is 18.6 Å². The molecule has 3 heterocycles. The molecule has 0 radical (unpaired) electrons. The predicted octanol–water partition coefficient (Wildman–Crippen LogP) is 2.94. The van der Waals surface area contributed by atoms with Crippen molar-refractivity contribution in [3.05, 3.63) is 70.5 Å². The minimum absolute atomic E-state index is 0.0735. The maximum absolute atomic E-state index is 13.1. The molecule has 3 aromatic rings. The Morgan fingerprint density at radius 1 is 1.19 bits per heavy atom. The lowest BCUT2D eigenvalue weighted by Crippen LogP contribution is -2.17. The van der Waals surface area contributed by atoms with Crippen LogP contribution in [0.4, 0.5) is 8.78 Å². The number of aromatic nitrogens is 3. The summed E-state index contributed by atoms with van der Waals surface area (Å²) in [6.07, 6.45) is 0.774. The highest BCUT2D eigenvalue weighted by Gasteiger charge is 2.20. The number of carboxylic acids is 1. The van der Waals surface area contributed by atoms with Crippen molar-refractivity contribution in [2.24, 2.45) is 0 Å². The molecule has 138 valence electrons. The van der Waals surface area contributed by atoms with Crippen molar-refractivity contribution in [1.82, 2.24) is 14.5 Å². The maximum atomic E-state index is 13.1. The first-order valence-electron chi connectivity index (χ1n) is 7.66. The topological polar surface area (TPSA) is 94.3 Å². The summed E-state index contributed by atoms with van der Waals surface area (Å²) in [5.41, 5.74) is -0.962. The third-order valence-corrected chi connectivity index (χ3v) is 3.81. The van der Waals surface area contributed by atoms with E-state index in [1.165, 1.54) is 30.0 Å². The van der Waals surface area contributed by atoms with Crippen LogP contribution in [-0.2, 0) is 0 Å². The lowest BCUT2D eigenvalue weighted by atomic mass is 10.0. The predicted molar refractivity (Wildman–Crippen MR) is 91.5 cm³/mol. The van der Waals surface area contributed by atoms with Gasteiger partial charge >= 0.3 is 5.97 Å². The smallest absolute Gasteiger partial charge is 0.337 e. The Kier molecular flexibility index (Phi) is 4.93. The number of hydrogen-bond donors (Lipinski definition) is 1. The monoisotopic (exact) mass is 373 g/mol. The van der Waals surface area contributed by atoms with Crippen LogP contribution in [0.3, 0.4) is 0 Å². The highest BCUT2D eigenvalue weighted by Crippen LogP contribution is 2.35. The van der Waals surface area contributed by atoms with E-state index in [9.17, 15) is 23.5 Å². The summed E-state index contributed by atoms with van der Waals surface area (Å²) in [6.45, 7) is 0. The number of carbonyl (C=O) groups is 1. The van der Waals surface area contributed by atoms with Gasteiger partial charge in [-0.05, 0) is 18.2 Å². The molecule has 0 amide bonds. The average Bonchev–Trinajstić information content (AvgIpc) is 2.67.